The fraction of sp³-hybridized carbons (Fsp3) is 0.625. The molecule has 3 rings (SSSR count). The fourth-order valence-corrected chi connectivity index (χ4v) is 3.50. The number of amides is 1. The van der Waals surface area contributed by atoms with Crippen LogP contribution in [0.3, 0.4) is 0 Å². The molecule has 3 heterocycles. The first-order chi connectivity index (χ1) is 10.7. The number of hydrogen-bond acceptors (Lipinski definition) is 3. The summed E-state index contributed by atoms with van der Waals surface area (Å²) in [6, 6.07) is 0.697. The summed E-state index contributed by atoms with van der Waals surface area (Å²) in [6.07, 6.45) is -1.96. The van der Waals surface area contributed by atoms with Crippen LogP contribution in [0.25, 0.3) is 0 Å². The summed E-state index contributed by atoms with van der Waals surface area (Å²) in [5.41, 5.74) is -0.588. The van der Waals surface area contributed by atoms with E-state index in [2.05, 4.69) is 18.8 Å². The van der Waals surface area contributed by atoms with Gasteiger partial charge in [-0.25, -0.2) is 4.98 Å². The summed E-state index contributed by atoms with van der Waals surface area (Å²) in [5.74, 6) is 1.26. The van der Waals surface area contributed by atoms with E-state index in [0.717, 1.165) is 25.1 Å². The summed E-state index contributed by atoms with van der Waals surface area (Å²) >= 11 is 0. The van der Waals surface area contributed by atoms with Crippen LogP contribution in [-0.4, -0.2) is 30.5 Å². The van der Waals surface area contributed by atoms with E-state index >= 15 is 0 Å². The highest BCUT2D eigenvalue weighted by Gasteiger charge is 2.43. The average molecular weight is 327 g/mol. The second kappa shape index (κ2) is 5.39. The van der Waals surface area contributed by atoms with Gasteiger partial charge in [-0.05, 0) is 30.7 Å². The van der Waals surface area contributed by atoms with Crippen LogP contribution in [0.1, 0.15) is 32.3 Å². The highest BCUT2D eigenvalue weighted by molar-refractivity contribution is 6.04. The second-order valence-electron chi connectivity index (χ2n) is 6.70. The Morgan fingerprint density at radius 2 is 2.04 bits per heavy atom. The predicted molar refractivity (Wildman–Crippen MR) is 81.3 cm³/mol. The Kier molecular flexibility index (Phi) is 3.77. The Morgan fingerprint density at radius 3 is 2.65 bits per heavy atom. The van der Waals surface area contributed by atoms with Crippen molar-refractivity contribution in [3.8, 4) is 0 Å². The molecule has 23 heavy (non-hydrogen) atoms. The molecule has 0 spiro atoms. The van der Waals surface area contributed by atoms with Crippen LogP contribution >= 0.6 is 0 Å². The van der Waals surface area contributed by atoms with Crippen LogP contribution in [0.4, 0.5) is 24.7 Å². The average Bonchev–Trinajstić information content (AvgIpc) is 2.50. The van der Waals surface area contributed by atoms with Gasteiger partial charge in [-0.15, -0.1) is 0 Å². The zero-order chi connectivity index (χ0) is 16.9. The Hall–Kier alpha value is -1.79. The molecule has 0 saturated carbocycles. The van der Waals surface area contributed by atoms with Crippen molar-refractivity contribution in [2.45, 2.75) is 38.9 Å². The lowest BCUT2D eigenvalue weighted by atomic mass is 9.81. The molecular formula is C16H20F3N3O. The molecule has 0 N–H and O–H groups in total. The van der Waals surface area contributed by atoms with E-state index in [9.17, 15) is 18.0 Å². The van der Waals surface area contributed by atoms with E-state index in [0.29, 0.717) is 24.2 Å². The van der Waals surface area contributed by atoms with Crippen LogP contribution in [0, 0.1) is 11.8 Å². The molecule has 1 aromatic rings. The molecule has 126 valence electrons. The van der Waals surface area contributed by atoms with Gasteiger partial charge >= 0.3 is 6.18 Å². The highest BCUT2D eigenvalue weighted by atomic mass is 19.4. The molecule has 4 nitrogen and oxygen atoms in total. The summed E-state index contributed by atoms with van der Waals surface area (Å²) in [6.45, 7) is 4.93. The minimum absolute atomic E-state index is 0.149. The van der Waals surface area contributed by atoms with Crippen molar-refractivity contribution in [3.63, 3.8) is 0 Å². The fourth-order valence-electron chi connectivity index (χ4n) is 3.50. The van der Waals surface area contributed by atoms with Gasteiger partial charge in [0.2, 0.25) is 5.91 Å². The molecular weight excluding hydrogens is 307 g/mol. The summed E-state index contributed by atoms with van der Waals surface area (Å²) in [7, 11) is 1.53. The number of carbonyl (C=O) groups is 1. The van der Waals surface area contributed by atoms with Crippen molar-refractivity contribution in [1.82, 2.24) is 4.98 Å². The van der Waals surface area contributed by atoms with Crippen molar-refractivity contribution in [2.24, 2.45) is 11.8 Å². The number of rotatable bonds is 1. The Labute approximate surface area is 133 Å². The predicted octanol–water partition coefficient (Wildman–Crippen LogP) is 3.32. The van der Waals surface area contributed by atoms with E-state index in [1.54, 1.807) is 0 Å². The summed E-state index contributed by atoms with van der Waals surface area (Å²) in [5, 5.41) is 0. The molecule has 2 atom stereocenters. The summed E-state index contributed by atoms with van der Waals surface area (Å²) < 4.78 is 38.7. The van der Waals surface area contributed by atoms with E-state index in [1.807, 2.05) is 4.90 Å². The number of nitrogens with zero attached hydrogens (tertiary/aromatic N) is 3. The molecule has 1 amide bonds. The molecule has 2 aliphatic rings. The van der Waals surface area contributed by atoms with Gasteiger partial charge < -0.3 is 9.80 Å². The lowest BCUT2D eigenvalue weighted by molar-refractivity contribution is -0.137. The molecule has 1 saturated heterocycles. The minimum Gasteiger partial charge on any atom is -0.343 e. The summed E-state index contributed by atoms with van der Waals surface area (Å²) in [4.78, 5) is 19.9. The number of likely N-dealkylation sites (N-methyl/N-ethyl adjacent to an activating group) is 1. The first-order valence-electron chi connectivity index (χ1n) is 7.81. The number of hydrogen-bond donors (Lipinski definition) is 0. The number of pyridine rings is 1. The number of alkyl halides is 3. The number of aromatic nitrogens is 1. The van der Waals surface area contributed by atoms with Crippen molar-refractivity contribution >= 4 is 17.4 Å². The zero-order valence-corrected chi connectivity index (χ0v) is 13.4. The van der Waals surface area contributed by atoms with Gasteiger partial charge in [0, 0.05) is 19.8 Å². The monoisotopic (exact) mass is 327 g/mol. The Balaban J connectivity index is 1.99. The van der Waals surface area contributed by atoms with Crippen molar-refractivity contribution in [2.75, 3.05) is 23.4 Å². The smallest absolute Gasteiger partial charge is 0.343 e. The third-order valence-electron chi connectivity index (χ3n) is 5.01. The third kappa shape index (κ3) is 2.66. The molecule has 0 radical (unpaired) electrons. The lowest BCUT2D eigenvalue weighted by Gasteiger charge is -2.46. The minimum atomic E-state index is -4.46. The quantitative estimate of drug-likeness (QED) is 0.794. The molecule has 0 aliphatic carbocycles. The second-order valence-corrected chi connectivity index (χ2v) is 6.70. The molecule has 0 bridgehead atoms. The standard InChI is InChI=1S/C16H20F3N3O/c1-9(2)10-4-5-22-13(6-10)15(23)21(3)12-7-11(16(17,18)19)8-20-14(12)22/h7-10,13H,4-6H2,1-3H3. The highest BCUT2D eigenvalue weighted by Crippen LogP contribution is 2.42. The third-order valence-corrected chi connectivity index (χ3v) is 5.01. The molecule has 7 heteroatoms. The van der Waals surface area contributed by atoms with Crippen LogP contribution in [0.5, 0.6) is 0 Å². The van der Waals surface area contributed by atoms with Crippen LogP contribution in [0.2, 0.25) is 0 Å². The number of piperidine rings is 1. The van der Waals surface area contributed by atoms with E-state index in [4.69, 9.17) is 0 Å². The van der Waals surface area contributed by atoms with Crippen LogP contribution < -0.4 is 9.80 Å². The molecule has 1 fully saturated rings. The molecule has 1 aromatic heterocycles. The first-order valence-corrected chi connectivity index (χ1v) is 7.81. The van der Waals surface area contributed by atoms with Crippen molar-refractivity contribution < 1.29 is 18.0 Å². The number of carbonyl (C=O) groups excluding carboxylic acids is 1. The topological polar surface area (TPSA) is 36.4 Å². The Bertz CT molecular complexity index is 629. The maximum Gasteiger partial charge on any atom is 0.417 e. The van der Waals surface area contributed by atoms with E-state index in [1.165, 1.54) is 11.9 Å². The maximum atomic E-state index is 12.9. The van der Waals surface area contributed by atoms with Gasteiger partial charge in [0.15, 0.2) is 5.82 Å². The van der Waals surface area contributed by atoms with Gasteiger partial charge in [0.05, 0.1) is 11.3 Å². The lowest BCUT2D eigenvalue weighted by Crippen LogP contribution is -2.56. The van der Waals surface area contributed by atoms with Crippen LogP contribution in [0.15, 0.2) is 12.3 Å². The maximum absolute atomic E-state index is 12.9. The van der Waals surface area contributed by atoms with Gasteiger partial charge in [-0.2, -0.15) is 13.2 Å². The number of anilines is 2. The molecule has 2 aliphatic heterocycles. The molecule has 2 unspecified atom stereocenters. The van der Waals surface area contributed by atoms with E-state index < -0.39 is 11.7 Å². The first kappa shape index (κ1) is 16.1. The normalized spacial score (nSPS) is 24.7. The van der Waals surface area contributed by atoms with Gasteiger partial charge in [-0.1, -0.05) is 13.8 Å². The number of halogens is 3. The van der Waals surface area contributed by atoms with Crippen molar-refractivity contribution in [1.29, 1.82) is 0 Å². The zero-order valence-electron chi connectivity index (χ0n) is 13.4. The molecule has 0 aromatic carbocycles. The van der Waals surface area contributed by atoms with E-state index in [-0.39, 0.29) is 17.6 Å². The number of fused-ring (bicyclic) bond motifs is 3. The Morgan fingerprint density at radius 1 is 1.35 bits per heavy atom. The van der Waals surface area contributed by atoms with Gasteiger partial charge in [0.25, 0.3) is 0 Å². The SMILES string of the molecule is CC(C)C1CCN2c3ncc(C(F)(F)F)cc3N(C)C(=O)C2C1. The van der Waals surface area contributed by atoms with Gasteiger partial charge in [0.1, 0.15) is 6.04 Å². The largest absolute Gasteiger partial charge is 0.417 e. The van der Waals surface area contributed by atoms with Crippen LogP contribution in [-0.2, 0) is 11.0 Å². The van der Waals surface area contributed by atoms with Gasteiger partial charge in [-0.3, -0.25) is 4.79 Å². The van der Waals surface area contributed by atoms with Crippen molar-refractivity contribution in [3.05, 3.63) is 17.8 Å².